The molecule has 3 rings (SSSR count). The van der Waals surface area contributed by atoms with Crippen LogP contribution in [0.5, 0.6) is 11.5 Å². The van der Waals surface area contributed by atoms with Crippen molar-refractivity contribution in [2.24, 2.45) is 0 Å². The Morgan fingerprint density at radius 3 is 2.58 bits per heavy atom. The van der Waals surface area contributed by atoms with Crippen LogP contribution in [0.1, 0.15) is 25.5 Å². The average molecular weight is 465 g/mol. The molecular weight excluding hydrogens is 443 g/mol. The number of hydrogen-bond acceptors (Lipinski definition) is 5. The summed E-state index contributed by atoms with van der Waals surface area (Å²) in [7, 11) is 2.87. The molecular formula is C22H22ClFN2O4S. The van der Waals surface area contributed by atoms with Gasteiger partial charge in [-0.15, -0.1) is 0 Å². The van der Waals surface area contributed by atoms with E-state index in [-0.39, 0.29) is 5.02 Å². The van der Waals surface area contributed by atoms with E-state index >= 15 is 0 Å². The van der Waals surface area contributed by atoms with Crippen LogP contribution < -0.4 is 19.7 Å². The van der Waals surface area contributed by atoms with E-state index in [2.05, 4.69) is 5.32 Å². The summed E-state index contributed by atoms with van der Waals surface area (Å²) in [4.78, 5) is 14.4. The molecule has 2 aromatic rings. The van der Waals surface area contributed by atoms with Gasteiger partial charge in [0.25, 0.3) is 0 Å². The Morgan fingerprint density at radius 2 is 1.97 bits per heavy atom. The van der Waals surface area contributed by atoms with E-state index in [1.54, 1.807) is 31.1 Å². The standard InChI is InChI=1S/C22H22ClFN2O4S/c1-5-30-18-10-13(6-9-17(18)28-3)20-19(21(27)29-4)12(2)26(22(31)25-20)14-7-8-16(24)15(23)11-14/h6-11,20H,5H2,1-4H3,(H,25,31). The van der Waals surface area contributed by atoms with Gasteiger partial charge in [0.1, 0.15) is 5.82 Å². The van der Waals surface area contributed by atoms with E-state index in [9.17, 15) is 9.18 Å². The predicted octanol–water partition coefficient (Wildman–Crippen LogP) is 4.77. The zero-order chi connectivity index (χ0) is 22.7. The first-order valence-electron chi connectivity index (χ1n) is 9.47. The molecule has 1 aliphatic heterocycles. The van der Waals surface area contributed by atoms with E-state index in [0.717, 1.165) is 5.56 Å². The molecule has 9 heteroatoms. The van der Waals surface area contributed by atoms with Crippen molar-refractivity contribution in [2.75, 3.05) is 25.7 Å². The molecule has 31 heavy (non-hydrogen) atoms. The minimum Gasteiger partial charge on any atom is -0.493 e. The van der Waals surface area contributed by atoms with Crippen LogP contribution in [-0.2, 0) is 9.53 Å². The molecule has 1 aliphatic rings. The number of methoxy groups -OCH3 is 2. The van der Waals surface area contributed by atoms with Gasteiger partial charge in [0.2, 0.25) is 0 Å². The van der Waals surface area contributed by atoms with E-state index < -0.39 is 17.8 Å². The molecule has 0 saturated carbocycles. The third-order valence-corrected chi connectivity index (χ3v) is 5.46. The molecule has 1 heterocycles. The van der Waals surface area contributed by atoms with Crippen molar-refractivity contribution in [3.05, 3.63) is 64.1 Å². The number of rotatable bonds is 6. The highest BCUT2D eigenvalue weighted by Crippen LogP contribution is 2.38. The molecule has 1 unspecified atom stereocenters. The SMILES string of the molecule is CCOc1cc(C2NC(=S)N(c3ccc(F)c(Cl)c3)C(C)=C2C(=O)OC)ccc1OC. The number of allylic oxidation sites excluding steroid dienone is 1. The highest BCUT2D eigenvalue weighted by Gasteiger charge is 2.35. The summed E-state index contributed by atoms with van der Waals surface area (Å²) in [6.07, 6.45) is 0. The molecule has 0 amide bonds. The van der Waals surface area contributed by atoms with Crippen LogP contribution in [-0.4, -0.2) is 31.9 Å². The first kappa shape index (κ1) is 22.8. The lowest BCUT2D eigenvalue weighted by Crippen LogP contribution is -2.48. The molecule has 0 saturated heterocycles. The number of carbonyl (C=O) groups excluding carboxylic acids is 1. The van der Waals surface area contributed by atoms with Crippen LogP contribution in [0.3, 0.4) is 0 Å². The maximum atomic E-state index is 13.7. The van der Waals surface area contributed by atoms with E-state index in [1.165, 1.54) is 25.3 Å². The molecule has 164 valence electrons. The number of nitrogens with one attached hydrogen (secondary N) is 1. The topological polar surface area (TPSA) is 60.0 Å². The fraction of sp³-hybridized carbons (Fsp3) is 0.273. The number of anilines is 1. The van der Waals surface area contributed by atoms with Gasteiger partial charge in [-0.2, -0.15) is 0 Å². The van der Waals surface area contributed by atoms with Gasteiger partial charge in [-0.25, -0.2) is 9.18 Å². The minimum atomic E-state index is -0.586. The Balaban J connectivity index is 2.13. The first-order valence-corrected chi connectivity index (χ1v) is 10.3. The number of benzene rings is 2. The van der Waals surface area contributed by atoms with Crippen LogP contribution in [0.25, 0.3) is 0 Å². The van der Waals surface area contributed by atoms with Crippen LogP contribution in [0.2, 0.25) is 5.02 Å². The number of ether oxygens (including phenoxy) is 3. The molecule has 2 aromatic carbocycles. The van der Waals surface area contributed by atoms with Gasteiger partial charge in [0, 0.05) is 11.4 Å². The van der Waals surface area contributed by atoms with Gasteiger partial charge in [-0.05, 0) is 62.0 Å². The molecule has 0 bridgehead atoms. The minimum absolute atomic E-state index is 0.0497. The summed E-state index contributed by atoms with van der Waals surface area (Å²) >= 11 is 11.5. The van der Waals surface area contributed by atoms with Crippen LogP contribution >= 0.6 is 23.8 Å². The number of halogens is 2. The van der Waals surface area contributed by atoms with Gasteiger partial charge < -0.3 is 19.5 Å². The van der Waals surface area contributed by atoms with Crippen molar-refractivity contribution in [3.8, 4) is 11.5 Å². The van der Waals surface area contributed by atoms with Crippen molar-refractivity contribution < 1.29 is 23.4 Å². The number of thiocarbonyl (C=S) groups is 1. The van der Waals surface area contributed by atoms with Gasteiger partial charge >= 0.3 is 5.97 Å². The molecule has 6 nitrogen and oxygen atoms in total. The fourth-order valence-corrected chi connectivity index (χ4v) is 3.98. The first-order chi connectivity index (χ1) is 14.8. The Kier molecular flexibility index (Phi) is 7.02. The highest BCUT2D eigenvalue weighted by atomic mass is 35.5. The zero-order valence-corrected chi connectivity index (χ0v) is 19.1. The van der Waals surface area contributed by atoms with Gasteiger partial charge in [-0.3, -0.25) is 4.90 Å². The Hall–Kier alpha value is -2.84. The molecule has 0 fully saturated rings. The lowest BCUT2D eigenvalue weighted by molar-refractivity contribution is -0.136. The number of esters is 1. The summed E-state index contributed by atoms with van der Waals surface area (Å²) in [5.74, 6) is 0.0527. The normalized spacial score (nSPS) is 16.1. The van der Waals surface area contributed by atoms with Crippen molar-refractivity contribution in [1.29, 1.82) is 0 Å². The molecule has 0 spiro atoms. The second-order valence-corrected chi connectivity index (χ2v) is 7.44. The Morgan fingerprint density at radius 1 is 1.23 bits per heavy atom. The van der Waals surface area contributed by atoms with E-state index in [1.807, 2.05) is 13.0 Å². The molecule has 0 radical (unpaired) electrons. The Bertz CT molecular complexity index is 1060. The summed E-state index contributed by atoms with van der Waals surface area (Å²) in [6.45, 7) is 4.07. The monoisotopic (exact) mass is 464 g/mol. The lowest BCUT2D eigenvalue weighted by atomic mass is 9.94. The summed E-state index contributed by atoms with van der Waals surface area (Å²) < 4.78 is 29.7. The van der Waals surface area contributed by atoms with Crippen LogP contribution in [0, 0.1) is 5.82 Å². The fourth-order valence-electron chi connectivity index (χ4n) is 3.44. The smallest absolute Gasteiger partial charge is 0.337 e. The average Bonchev–Trinajstić information content (AvgIpc) is 2.75. The largest absolute Gasteiger partial charge is 0.493 e. The van der Waals surface area contributed by atoms with Crippen molar-refractivity contribution >= 4 is 40.6 Å². The molecule has 0 aromatic heterocycles. The van der Waals surface area contributed by atoms with Gasteiger partial charge in [-0.1, -0.05) is 17.7 Å². The zero-order valence-electron chi connectivity index (χ0n) is 17.5. The van der Waals surface area contributed by atoms with Crippen molar-refractivity contribution in [2.45, 2.75) is 19.9 Å². The Labute approximate surface area is 190 Å². The second-order valence-electron chi connectivity index (χ2n) is 6.65. The predicted molar refractivity (Wildman–Crippen MR) is 121 cm³/mol. The van der Waals surface area contributed by atoms with Gasteiger partial charge in [0.05, 0.1) is 37.5 Å². The molecule has 1 atom stereocenters. The quantitative estimate of drug-likeness (QED) is 0.488. The second kappa shape index (κ2) is 9.53. The maximum absolute atomic E-state index is 13.7. The third kappa shape index (κ3) is 4.45. The summed E-state index contributed by atoms with van der Waals surface area (Å²) in [5.41, 5.74) is 2.15. The van der Waals surface area contributed by atoms with Crippen molar-refractivity contribution in [3.63, 3.8) is 0 Å². The van der Waals surface area contributed by atoms with Crippen LogP contribution in [0.4, 0.5) is 10.1 Å². The summed E-state index contributed by atoms with van der Waals surface area (Å²) in [6, 6.07) is 9.03. The van der Waals surface area contributed by atoms with Gasteiger partial charge in [0.15, 0.2) is 16.6 Å². The summed E-state index contributed by atoms with van der Waals surface area (Å²) in [5, 5.41) is 3.46. The third-order valence-electron chi connectivity index (χ3n) is 4.87. The molecule has 0 aliphatic carbocycles. The number of hydrogen-bond donors (Lipinski definition) is 1. The van der Waals surface area contributed by atoms with E-state index in [4.69, 9.17) is 38.0 Å². The van der Waals surface area contributed by atoms with Crippen LogP contribution in [0.15, 0.2) is 47.7 Å². The highest BCUT2D eigenvalue weighted by molar-refractivity contribution is 7.80. The maximum Gasteiger partial charge on any atom is 0.337 e. The van der Waals surface area contributed by atoms with Crippen molar-refractivity contribution in [1.82, 2.24) is 5.32 Å². The number of nitrogens with zero attached hydrogens (tertiary/aromatic N) is 1. The molecule has 1 N–H and O–H groups in total. The number of carbonyl (C=O) groups is 1. The van der Waals surface area contributed by atoms with E-state index in [0.29, 0.717) is 40.2 Å². The lowest BCUT2D eigenvalue weighted by Gasteiger charge is -2.37.